The maximum absolute atomic E-state index is 13.2. The topological polar surface area (TPSA) is 52.6 Å². The zero-order valence-electron chi connectivity index (χ0n) is 22.1. The second kappa shape index (κ2) is 12.0. The minimum Gasteiger partial charge on any atom is -0.515 e. The summed E-state index contributed by atoms with van der Waals surface area (Å²) in [5, 5.41) is 0. The van der Waals surface area contributed by atoms with Gasteiger partial charge < -0.3 is 8.85 Å². The number of benzene rings is 2. The lowest BCUT2D eigenvalue weighted by Gasteiger charge is -2.43. The summed E-state index contributed by atoms with van der Waals surface area (Å²) in [5.74, 6) is -0.477. The van der Waals surface area contributed by atoms with Crippen LogP contribution in [0.5, 0.6) is 0 Å². The van der Waals surface area contributed by atoms with Crippen LogP contribution in [0.3, 0.4) is 0 Å². The lowest BCUT2D eigenvalue weighted by atomic mass is 10.2. The van der Waals surface area contributed by atoms with Crippen molar-refractivity contribution in [3.8, 4) is 0 Å². The molecule has 0 saturated heterocycles. The number of hydrogen-bond acceptors (Lipinski definition) is 4. The molecule has 2 aromatic rings. The van der Waals surface area contributed by atoms with E-state index in [-0.39, 0.29) is 34.1 Å². The number of hydrogen-bond donors (Lipinski definition) is 0. The summed E-state index contributed by atoms with van der Waals surface area (Å²) in [7, 11) is -5.07. The molecule has 2 aromatic carbocycles. The van der Waals surface area contributed by atoms with Crippen molar-refractivity contribution < 1.29 is 18.4 Å². The molecule has 186 valence electrons. The zero-order valence-corrected chi connectivity index (χ0v) is 24.1. The summed E-state index contributed by atoms with van der Waals surface area (Å²) < 4.78 is 12.9. The fourth-order valence-electron chi connectivity index (χ4n) is 5.06. The van der Waals surface area contributed by atoms with E-state index in [0.717, 1.165) is 12.1 Å². The highest BCUT2D eigenvalue weighted by molar-refractivity contribution is 6.83. The van der Waals surface area contributed by atoms with Crippen molar-refractivity contribution in [3.63, 3.8) is 0 Å². The zero-order chi connectivity index (χ0) is 25.5. The normalized spacial score (nSPS) is 12.5. The van der Waals surface area contributed by atoms with E-state index in [2.05, 4.69) is 55.4 Å². The van der Waals surface area contributed by atoms with E-state index in [9.17, 15) is 9.59 Å². The maximum atomic E-state index is 13.2. The molecule has 0 aromatic heterocycles. The van der Waals surface area contributed by atoms with Crippen molar-refractivity contribution in [1.29, 1.82) is 0 Å². The number of rotatable bonds is 11. The Morgan fingerprint density at radius 3 is 1.06 bits per heavy atom. The summed E-state index contributed by atoms with van der Waals surface area (Å²) in [5.41, 5.74) is 2.17. The molecule has 34 heavy (non-hydrogen) atoms. The molecule has 0 amide bonds. The van der Waals surface area contributed by atoms with Crippen LogP contribution in [0.25, 0.3) is 0 Å². The summed E-state index contributed by atoms with van der Waals surface area (Å²) in [6.07, 6.45) is 0. The Bertz CT molecular complexity index is 830. The summed E-state index contributed by atoms with van der Waals surface area (Å²) in [6.45, 7) is 17.4. The third kappa shape index (κ3) is 6.27. The summed E-state index contributed by atoms with van der Waals surface area (Å²) in [6, 6.07) is 20.1. The minimum atomic E-state index is -2.53. The molecule has 0 aliphatic rings. The van der Waals surface area contributed by atoms with Crippen molar-refractivity contribution in [1.82, 2.24) is 0 Å². The van der Waals surface area contributed by atoms with E-state index in [1.54, 1.807) is 0 Å². The van der Waals surface area contributed by atoms with Crippen LogP contribution in [-0.4, -0.2) is 28.6 Å². The lowest BCUT2D eigenvalue weighted by Crippen LogP contribution is -2.52. The van der Waals surface area contributed by atoms with E-state index >= 15 is 0 Å². The molecule has 0 radical (unpaired) electrons. The Morgan fingerprint density at radius 1 is 0.559 bits per heavy atom. The molecule has 6 heteroatoms. The first-order chi connectivity index (χ1) is 16.0. The first-order valence-corrected chi connectivity index (χ1v) is 17.1. The predicted octanol–water partition coefficient (Wildman–Crippen LogP) is 8.23. The van der Waals surface area contributed by atoms with Crippen LogP contribution < -0.4 is 0 Å². The lowest BCUT2D eigenvalue weighted by molar-refractivity contribution is 0.0692. The van der Waals surface area contributed by atoms with Crippen LogP contribution in [0, 0.1) is 0 Å². The van der Waals surface area contributed by atoms with Gasteiger partial charge in [0.15, 0.2) is 0 Å². The van der Waals surface area contributed by atoms with Crippen LogP contribution in [-0.2, 0) is 8.85 Å². The van der Waals surface area contributed by atoms with Gasteiger partial charge >= 0.3 is 11.9 Å². The largest absolute Gasteiger partial charge is 0.515 e. The van der Waals surface area contributed by atoms with Crippen molar-refractivity contribution in [2.75, 3.05) is 0 Å². The van der Waals surface area contributed by atoms with Crippen molar-refractivity contribution in [2.45, 2.75) is 89.6 Å². The third-order valence-electron chi connectivity index (χ3n) is 7.40. The van der Waals surface area contributed by atoms with Gasteiger partial charge in [0.25, 0.3) is 16.6 Å². The SMILES string of the molecule is CC(C)[Si](CC[Si](OC(=O)c1ccccc1)(C(C)C)C(C)C)(OC(=O)c1ccccc1)C(C)C. The maximum Gasteiger partial charge on any atom is 0.324 e. The van der Waals surface area contributed by atoms with E-state index in [1.807, 2.05) is 60.7 Å². The first-order valence-electron chi connectivity index (χ1n) is 12.5. The van der Waals surface area contributed by atoms with Gasteiger partial charge in [0.05, 0.1) is 11.1 Å². The molecular weight excluding hydrogens is 456 g/mol. The molecule has 0 aliphatic heterocycles. The molecule has 2 rings (SSSR count). The molecule has 0 fully saturated rings. The molecule has 0 atom stereocenters. The Hall–Kier alpha value is -2.19. The van der Waals surface area contributed by atoms with Crippen LogP contribution in [0.15, 0.2) is 60.7 Å². The molecule has 0 unspecified atom stereocenters. The predicted molar refractivity (Wildman–Crippen MR) is 145 cm³/mol. The summed E-state index contributed by atoms with van der Waals surface area (Å²) >= 11 is 0. The Labute approximate surface area is 208 Å². The van der Waals surface area contributed by atoms with E-state index in [1.165, 1.54) is 0 Å². The van der Waals surface area contributed by atoms with Gasteiger partial charge in [-0.15, -0.1) is 0 Å². The Morgan fingerprint density at radius 2 is 0.824 bits per heavy atom. The van der Waals surface area contributed by atoms with Crippen LogP contribution in [0.1, 0.15) is 76.1 Å². The molecule has 0 aliphatic carbocycles. The van der Waals surface area contributed by atoms with Gasteiger partial charge in [-0.05, 0) is 58.5 Å². The molecular formula is C28H42O4Si2. The van der Waals surface area contributed by atoms with Gasteiger partial charge in [0.1, 0.15) is 0 Å². The van der Waals surface area contributed by atoms with Gasteiger partial charge in [-0.25, -0.2) is 9.59 Å². The number of carbonyl (C=O) groups excluding carboxylic acids is 2. The highest BCUT2D eigenvalue weighted by atomic mass is 28.4. The molecule has 4 nitrogen and oxygen atoms in total. The van der Waals surface area contributed by atoms with Crippen molar-refractivity contribution >= 4 is 28.6 Å². The van der Waals surface area contributed by atoms with Gasteiger partial charge in [0.2, 0.25) is 0 Å². The average Bonchev–Trinajstić information content (AvgIpc) is 2.80. The second-order valence-corrected chi connectivity index (χ2v) is 20.4. The van der Waals surface area contributed by atoms with Gasteiger partial charge in [0, 0.05) is 0 Å². The summed E-state index contributed by atoms with van der Waals surface area (Å²) in [4.78, 5) is 26.3. The van der Waals surface area contributed by atoms with E-state index in [0.29, 0.717) is 11.1 Å². The molecule has 0 saturated carbocycles. The van der Waals surface area contributed by atoms with Crippen molar-refractivity contribution in [2.24, 2.45) is 0 Å². The van der Waals surface area contributed by atoms with E-state index in [4.69, 9.17) is 8.85 Å². The molecule has 0 N–H and O–H groups in total. The van der Waals surface area contributed by atoms with Gasteiger partial charge in [-0.2, -0.15) is 0 Å². The van der Waals surface area contributed by atoms with E-state index < -0.39 is 16.6 Å². The fraction of sp³-hybridized carbons (Fsp3) is 0.500. The first kappa shape index (κ1) is 28.1. The van der Waals surface area contributed by atoms with Gasteiger partial charge in [-0.1, -0.05) is 91.8 Å². The molecule has 0 heterocycles. The van der Waals surface area contributed by atoms with Crippen molar-refractivity contribution in [3.05, 3.63) is 71.8 Å². The monoisotopic (exact) mass is 498 g/mol. The minimum absolute atomic E-state index is 0.239. The average molecular weight is 499 g/mol. The Kier molecular flexibility index (Phi) is 9.89. The highest BCUT2D eigenvalue weighted by Crippen LogP contribution is 2.45. The standard InChI is InChI=1S/C28H42O4Si2/c1-21(2)33(22(3)4,31-27(29)25-15-11-9-12-16-25)19-20-34(23(5)6,24(7)8)32-28(30)26-17-13-10-14-18-26/h9-18,21-24H,19-20H2,1-8H3. The van der Waals surface area contributed by atoms with Crippen LogP contribution in [0.2, 0.25) is 34.3 Å². The van der Waals surface area contributed by atoms with Gasteiger partial charge in [-0.3, -0.25) is 0 Å². The third-order valence-corrected chi connectivity index (χ3v) is 18.9. The molecule has 0 spiro atoms. The quantitative estimate of drug-likeness (QED) is 0.293. The van der Waals surface area contributed by atoms with Crippen LogP contribution in [0.4, 0.5) is 0 Å². The highest BCUT2D eigenvalue weighted by Gasteiger charge is 2.51. The Balaban J connectivity index is 2.38. The molecule has 0 bridgehead atoms. The fourth-order valence-corrected chi connectivity index (χ4v) is 15.2. The number of carbonyl (C=O) groups is 2. The smallest absolute Gasteiger partial charge is 0.324 e. The second-order valence-electron chi connectivity index (χ2n) is 10.5. The van der Waals surface area contributed by atoms with Crippen LogP contribution >= 0.6 is 0 Å².